The molecule has 120 heavy (non-hydrogen) atoms. The van der Waals surface area contributed by atoms with Crippen LogP contribution >= 0.6 is 0 Å². The van der Waals surface area contributed by atoms with Crippen LogP contribution in [0.1, 0.15) is 334 Å². The van der Waals surface area contributed by atoms with Gasteiger partial charge in [0, 0.05) is 55.3 Å². The number of nitrogens with zero attached hydrogens (tertiary/aromatic N) is 4. The van der Waals surface area contributed by atoms with Gasteiger partial charge in [-0.05, 0) is 147 Å². The molecule has 0 radical (unpaired) electrons. The molecular formula is C108H132N6O6. The number of H-pyrrole nitrogens is 2. The molecular weight excluding hydrogens is 1480 g/mol. The summed E-state index contributed by atoms with van der Waals surface area (Å²) in [7, 11) is 0. The Kier molecular flexibility index (Phi) is 36.0. The van der Waals surface area contributed by atoms with Gasteiger partial charge in [-0.1, -0.05) is 331 Å². The number of carboxylic acid groups (broad SMARTS) is 1. The Labute approximate surface area is 716 Å². The normalized spacial score (nSPS) is 11.7. The Morgan fingerprint density at radius 2 is 0.700 bits per heavy atom. The zero-order chi connectivity index (χ0) is 83.1. The van der Waals surface area contributed by atoms with Gasteiger partial charge in [-0.25, -0.2) is 14.8 Å². The Morgan fingerprint density at radius 3 is 1.09 bits per heavy atom. The van der Waals surface area contributed by atoms with Crippen molar-refractivity contribution in [2.24, 2.45) is 0 Å². The van der Waals surface area contributed by atoms with Gasteiger partial charge in [0.25, 0.3) is 0 Å². The molecule has 0 atom stereocenters. The SMILES string of the molecule is CCCCCCCCCCCCOc1cccc(OCCCCCCCCCCCC)c1-c1c2nc(c(-c3ccc(-n4c5ccccc5c5ccccc54)cc3)c3ccc([nH]3)c(-c3c(OCCCCCCCCCCCC)cccc3OCCCCCCCCCCCC)c3nc(c(C#Cc4ccc(C(=O)O)c(C#N)c4)c4ccc1[nH]4)C=C3)C=C2. The van der Waals surface area contributed by atoms with Crippen LogP contribution in [0.5, 0.6) is 23.0 Å². The lowest BCUT2D eigenvalue weighted by molar-refractivity contribution is 0.0696. The van der Waals surface area contributed by atoms with Crippen molar-refractivity contribution in [1.29, 1.82) is 5.26 Å². The van der Waals surface area contributed by atoms with Gasteiger partial charge in [0.15, 0.2) is 0 Å². The fourth-order valence-corrected chi connectivity index (χ4v) is 17.3. The summed E-state index contributed by atoms with van der Waals surface area (Å²) in [5, 5.41) is 22.9. The van der Waals surface area contributed by atoms with Crippen LogP contribution in [-0.2, 0) is 0 Å². The molecule has 630 valence electrons. The average molecular weight is 1610 g/mol. The molecule has 12 nitrogen and oxygen atoms in total. The summed E-state index contributed by atoms with van der Waals surface area (Å²) in [6.45, 7) is 11.3. The van der Waals surface area contributed by atoms with Crippen LogP contribution < -0.4 is 18.9 Å². The standard InChI is InChI=1S/C108H132N6O6/c1-5-9-13-17-21-25-29-33-37-45-75-117-99-55-49-56-100(118-76-46-38-34-30-26-22-18-14-10-6-2)106(99)104-93-69-67-89(110-93)88(66-60-81-59-65-85(108(115)116)83(79-81)80-109)90-68-70-94(111-90)105(107-101(119-77-47-39-35-31-27-23-19-15-11-7-3)57-50-58-102(107)120-78-48-40-36-32-28-24-20-16-12-8-4)96-74-72-92(113-96)103(91-71-73-95(104)112-91)82-61-63-84(64-62-82)114-97-53-43-41-51-86(97)87-52-42-44-54-98(87)114/h41-44,49-59,61-65,67-74,79,110,113H,5-40,45-48,75-78H2,1-4H3,(H,115,116). The quantitative estimate of drug-likeness (QED) is 0.0249. The summed E-state index contributed by atoms with van der Waals surface area (Å²) in [5.74, 6) is 8.62. The van der Waals surface area contributed by atoms with E-state index in [4.69, 9.17) is 28.9 Å². The first-order valence-electron chi connectivity index (χ1n) is 46.6. The molecule has 2 aliphatic heterocycles. The topological polar surface area (TPSA) is 160 Å². The van der Waals surface area contributed by atoms with Gasteiger partial charge in [-0.2, -0.15) is 5.26 Å². The van der Waals surface area contributed by atoms with Gasteiger partial charge < -0.3 is 38.6 Å². The minimum atomic E-state index is -1.18. The molecule has 0 fully saturated rings. The van der Waals surface area contributed by atoms with E-state index in [0.29, 0.717) is 83.2 Å². The predicted molar refractivity (Wildman–Crippen MR) is 503 cm³/mol. The number of nitrogens with one attached hydrogen (secondary N) is 2. The Balaban J connectivity index is 1.05. The van der Waals surface area contributed by atoms with Crippen molar-refractivity contribution in [2.45, 2.75) is 285 Å². The number of carbonyl (C=O) groups is 1. The number of ether oxygens (including phenoxy) is 4. The molecule has 12 rings (SSSR count). The third kappa shape index (κ3) is 24.8. The molecule has 0 aliphatic carbocycles. The van der Waals surface area contributed by atoms with Crippen LogP contribution in [0.4, 0.5) is 0 Å². The number of para-hydroxylation sites is 2. The lowest BCUT2D eigenvalue weighted by atomic mass is 10.0. The van der Waals surface area contributed by atoms with Gasteiger partial charge >= 0.3 is 5.97 Å². The minimum Gasteiger partial charge on any atom is -0.493 e. The molecule has 0 saturated heterocycles. The third-order valence-electron chi connectivity index (χ3n) is 23.9. The summed E-state index contributed by atoms with van der Waals surface area (Å²) < 4.78 is 30.9. The van der Waals surface area contributed by atoms with E-state index in [9.17, 15) is 15.2 Å². The number of fused-ring (bicyclic) bond motifs is 11. The highest BCUT2D eigenvalue weighted by atomic mass is 16.5. The van der Waals surface area contributed by atoms with Crippen LogP contribution in [-0.4, -0.2) is 62.0 Å². The van der Waals surface area contributed by atoms with Crippen LogP contribution in [0, 0.1) is 23.2 Å². The maximum Gasteiger partial charge on any atom is 0.337 e. The van der Waals surface area contributed by atoms with Gasteiger partial charge in [0.2, 0.25) is 0 Å². The highest BCUT2D eigenvalue weighted by molar-refractivity contribution is 6.09. The minimum absolute atomic E-state index is 0.0239. The monoisotopic (exact) mass is 1610 g/mol. The second kappa shape index (κ2) is 48.6. The summed E-state index contributed by atoms with van der Waals surface area (Å²) >= 11 is 0. The van der Waals surface area contributed by atoms with Crippen molar-refractivity contribution >= 4 is 74.1 Å². The molecule has 4 aromatic heterocycles. The zero-order valence-corrected chi connectivity index (χ0v) is 72.6. The molecule has 12 heteroatoms. The van der Waals surface area contributed by atoms with Crippen molar-refractivity contribution in [3.8, 4) is 80.0 Å². The van der Waals surface area contributed by atoms with E-state index in [1.165, 1.54) is 222 Å². The number of benzene rings is 6. The summed E-state index contributed by atoms with van der Waals surface area (Å²) in [6, 6.07) is 54.1. The summed E-state index contributed by atoms with van der Waals surface area (Å²) in [6.07, 6.45) is 57.1. The second-order valence-electron chi connectivity index (χ2n) is 33.2. The van der Waals surface area contributed by atoms with E-state index in [1.807, 2.05) is 6.08 Å². The van der Waals surface area contributed by atoms with Crippen molar-refractivity contribution in [3.63, 3.8) is 0 Å². The van der Waals surface area contributed by atoms with E-state index in [0.717, 1.165) is 124 Å². The van der Waals surface area contributed by atoms with E-state index >= 15 is 0 Å². The maximum absolute atomic E-state index is 12.4. The Morgan fingerprint density at radius 1 is 0.358 bits per heavy atom. The zero-order valence-electron chi connectivity index (χ0n) is 72.6. The fraction of sp³-hybridized carbons (Fsp3) is 0.444. The number of hydrogen-bond acceptors (Lipinski definition) is 8. The first kappa shape index (κ1) is 88.7. The van der Waals surface area contributed by atoms with Gasteiger partial charge in [0.1, 0.15) is 29.1 Å². The molecule has 0 saturated carbocycles. The van der Waals surface area contributed by atoms with Crippen LogP contribution in [0.3, 0.4) is 0 Å². The molecule has 3 N–H and O–H groups in total. The Hall–Kier alpha value is -10.6. The number of unbranched alkanes of at least 4 members (excludes halogenated alkanes) is 36. The van der Waals surface area contributed by atoms with Crippen LogP contribution in [0.25, 0.3) is 107 Å². The van der Waals surface area contributed by atoms with E-state index < -0.39 is 5.97 Å². The summed E-state index contributed by atoms with van der Waals surface area (Å²) in [5.41, 5.74) is 15.2. The fourth-order valence-electron chi connectivity index (χ4n) is 17.3. The predicted octanol–water partition coefficient (Wildman–Crippen LogP) is 30.9. The maximum atomic E-state index is 12.4. The van der Waals surface area contributed by atoms with Crippen molar-refractivity contribution in [2.75, 3.05) is 26.4 Å². The molecule has 10 aromatic rings. The number of aromatic carboxylic acids is 1. The van der Waals surface area contributed by atoms with E-state index in [2.05, 4.69) is 212 Å². The van der Waals surface area contributed by atoms with Gasteiger partial charge in [0.05, 0.1) is 93.6 Å². The summed E-state index contributed by atoms with van der Waals surface area (Å²) in [4.78, 5) is 32.1. The van der Waals surface area contributed by atoms with Crippen molar-refractivity contribution < 1.29 is 28.8 Å². The number of carboxylic acids is 1. The van der Waals surface area contributed by atoms with Gasteiger partial charge in [-0.15, -0.1) is 0 Å². The molecule has 2 aliphatic rings. The lowest BCUT2D eigenvalue weighted by Gasteiger charge is -2.18. The third-order valence-corrected chi connectivity index (χ3v) is 23.9. The number of nitriles is 1. The first-order chi connectivity index (χ1) is 59.3. The highest BCUT2D eigenvalue weighted by Gasteiger charge is 2.26. The molecule has 0 amide bonds. The molecule has 6 heterocycles. The van der Waals surface area contributed by atoms with Crippen molar-refractivity contribution in [3.05, 3.63) is 197 Å². The highest BCUT2D eigenvalue weighted by Crippen LogP contribution is 2.47. The van der Waals surface area contributed by atoms with Crippen molar-refractivity contribution in [1.82, 2.24) is 24.5 Å². The lowest BCUT2D eigenvalue weighted by Crippen LogP contribution is -2.04. The van der Waals surface area contributed by atoms with Gasteiger partial charge in [-0.3, -0.25) is 0 Å². The number of hydrogen-bond donors (Lipinski definition) is 3. The largest absolute Gasteiger partial charge is 0.493 e. The second-order valence-corrected chi connectivity index (χ2v) is 33.2. The Bertz CT molecular complexity index is 5030. The first-order valence-corrected chi connectivity index (χ1v) is 46.6. The van der Waals surface area contributed by atoms with Crippen LogP contribution in [0.15, 0.2) is 152 Å². The molecule has 0 unspecified atom stereocenters. The number of aromatic nitrogens is 5. The van der Waals surface area contributed by atoms with E-state index in [-0.39, 0.29) is 11.1 Å². The average Bonchev–Trinajstić information content (AvgIpc) is 1.59. The smallest absolute Gasteiger partial charge is 0.337 e. The van der Waals surface area contributed by atoms with Crippen LogP contribution in [0.2, 0.25) is 0 Å². The molecule has 8 bridgehead atoms. The number of rotatable bonds is 53. The van der Waals surface area contributed by atoms with E-state index in [1.54, 1.807) is 12.1 Å². The molecule has 6 aromatic carbocycles. The number of aromatic amines is 2. The molecule has 0 spiro atoms.